The zero-order chi connectivity index (χ0) is 25.0. The van der Waals surface area contributed by atoms with Crippen molar-refractivity contribution in [3.8, 4) is 11.1 Å². The lowest BCUT2D eigenvalue weighted by Gasteiger charge is -2.35. The molecule has 3 aromatic rings. The SMILES string of the molecule is O=C(NCC(=O)N1CCN(C(=O)c2ccccc2C(F)(F)F)CC1)c1cc(-c2ccccc2)cs1. The molecule has 182 valence electrons. The zero-order valence-corrected chi connectivity index (χ0v) is 19.4. The van der Waals surface area contributed by atoms with Crippen molar-refractivity contribution >= 4 is 29.1 Å². The number of halogens is 3. The number of benzene rings is 2. The molecule has 0 radical (unpaired) electrons. The summed E-state index contributed by atoms with van der Waals surface area (Å²) < 4.78 is 39.7. The third-order valence-electron chi connectivity index (χ3n) is 5.71. The van der Waals surface area contributed by atoms with E-state index in [0.29, 0.717) is 4.88 Å². The topological polar surface area (TPSA) is 69.7 Å². The molecule has 1 saturated heterocycles. The number of piperazine rings is 1. The van der Waals surface area contributed by atoms with Crippen LogP contribution in [0.15, 0.2) is 66.0 Å². The average Bonchev–Trinajstić information content (AvgIpc) is 3.37. The first kappa shape index (κ1) is 24.5. The standard InChI is InChI=1S/C25H22F3N3O3S/c26-25(27,28)20-9-5-4-8-19(20)24(34)31-12-10-30(11-13-31)22(32)15-29-23(33)21-14-18(16-35-21)17-6-2-1-3-7-17/h1-9,14,16H,10-13,15H2,(H,29,33). The minimum atomic E-state index is -4.63. The monoisotopic (exact) mass is 501 g/mol. The van der Waals surface area contributed by atoms with Gasteiger partial charge in [-0.15, -0.1) is 11.3 Å². The summed E-state index contributed by atoms with van der Waals surface area (Å²) in [5, 5.41) is 4.49. The van der Waals surface area contributed by atoms with Crippen molar-refractivity contribution in [3.05, 3.63) is 82.0 Å². The van der Waals surface area contributed by atoms with E-state index < -0.39 is 23.2 Å². The van der Waals surface area contributed by atoms with Crippen LogP contribution in [0, 0.1) is 0 Å². The van der Waals surface area contributed by atoms with Crippen LogP contribution in [0.1, 0.15) is 25.6 Å². The van der Waals surface area contributed by atoms with E-state index in [1.807, 2.05) is 35.7 Å². The van der Waals surface area contributed by atoms with E-state index in [-0.39, 0.29) is 44.5 Å². The van der Waals surface area contributed by atoms with Gasteiger partial charge in [-0.2, -0.15) is 13.2 Å². The van der Waals surface area contributed by atoms with E-state index in [1.165, 1.54) is 33.3 Å². The summed E-state index contributed by atoms with van der Waals surface area (Å²) in [6, 6.07) is 16.1. The Balaban J connectivity index is 1.29. The molecule has 6 nitrogen and oxygen atoms in total. The van der Waals surface area contributed by atoms with E-state index in [9.17, 15) is 27.6 Å². The van der Waals surface area contributed by atoms with Crippen LogP contribution >= 0.6 is 11.3 Å². The molecule has 1 aliphatic heterocycles. The van der Waals surface area contributed by atoms with Gasteiger partial charge in [0.25, 0.3) is 11.8 Å². The summed E-state index contributed by atoms with van der Waals surface area (Å²) in [5.41, 5.74) is 0.525. The normalized spacial score (nSPS) is 14.0. The van der Waals surface area contributed by atoms with Crippen molar-refractivity contribution < 1.29 is 27.6 Å². The molecule has 35 heavy (non-hydrogen) atoms. The molecule has 1 fully saturated rings. The number of rotatable bonds is 5. The average molecular weight is 502 g/mol. The lowest BCUT2D eigenvalue weighted by Crippen LogP contribution is -2.52. The summed E-state index contributed by atoms with van der Waals surface area (Å²) >= 11 is 1.28. The molecule has 0 aliphatic carbocycles. The zero-order valence-electron chi connectivity index (χ0n) is 18.5. The number of hydrogen-bond acceptors (Lipinski definition) is 4. The van der Waals surface area contributed by atoms with Crippen LogP contribution in [0.3, 0.4) is 0 Å². The Morgan fingerprint density at radius 1 is 0.857 bits per heavy atom. The number of nitrogens with zero attached hydrogens (tertiary/aromatic N) is 2. The number of thiophene rings is 1. The first-order valence-corrected chi connectivity index (χ1v) is 11.8. The Morgan fingerprint density at radius 2 is 1.49 bits per heavy atom. The summed E-state index contributed by atoms with van der Waals surface area (Å²) in [5.74, 6) is -1.39. The lowest BCUT2D eigenvalue weighted by atomic mass is 10.1. The molecule has 0 saturated carbocycles. The van der Waals surface area contributed by atoms with Gasteiger partial charge < -0.3 is 15.1 Å². The maximum atomic E-state index is 13.2. The van der Waals surface area contributed by atoms with Gasteiger partial charge in [-0.1, -0.05) is 42.5 Å². The molecule has 1 aromatic heterocycles. The molecular weight excluding hydrogens is 479 g/mol. The minimum Gasteiger partial charge on any atom is -0.342 e. The molecule has 1 N–H and O–H groups in total. The number of carbonyl (C=O) groups is 3. The smallest absolute Gasteiger partial charge is 0.342 e. The predicted molar refractivity (Wildman–Crippen MR) is 126 cm³/mol. The van der Waals surface area contributed by atoms with E-state index >= 15 is 0 Å². The second-order valence-corrected chi connectivity index (χ2v) is 8.88. The van der Waals surface area contributed by atoms with Crippen molar-refractivity contribution in [3.63, 3.8) is 0 Å². The summed E-state index contributed by atoms with van der Waals surface area (Å²) in [6.07, 6.45) is -4.63. The third kappa shape index (κ3) is 5.71. The van der Waals surface area contributed by atoms with Gasteiger partial charge >= 0.3 is 6.18 Å². The maximum absolute atomic E-state index is 13.2. The second-order valence-electron chi connectivity index (χ2n) is 7.96. The van der Waals surface area contributed by atoms with Gasteiger partial charge in [-0.3, -0.25) is 14.4 Å². The van der Waals surface area contributed by atoms with E-state index in [1.54, 1.807) is 6.07 Å². The van der Waals surface area contributed by atoms with Crippen molar-refractivity contribution in [2.24, 2.45) is 0 Å². The Labute approximate surface area is 204 Å². The number of carbonyl (C=O) groups excluding carboxylic acids is 3. The molecule has 0 spiro atoms. The van der Waals surface area contributed by atoms with Crippen LogP contribution in [-0.4, -0.2) is 60.2 Å². The molecule has 1 aliphatic rings. The van der Waals surface area contributed by atoms with Gasteiger partial charge in [0.05, 0.1) is 22.5 Å². The van der Waals surface area contributed by atoms with Crippen molar-refractivity contribution in [1.29, 1.82) is 0 Å². The lowest BCUT2D eigenvalue weighted by molar-refractivity contribution is -0.138. The number of alkyl halides is 3. The van der Waals surface area contributed by atoms with Gasteiger partial charge in [0, 0.05) is 26.2 Å². The third-order valence-corrected chi connectivity index (χ3v) is 6.64. The van der Waals surface area contributed by atoms with Gasteiger partial charge in [0.15, 0.2) is 0 Å². The molecule has 2 aromatic carbocycles. The molecule has 0 bridgehead atoms. The Morgan fingerprint density at radius 3 is 2.17 bits per heavy atom. The van der Waals surface area contributed by atoms with Crippen molar-refractivity contribution in [1.82, 2.24) is 15.1 Å². The summed E-state index contributed by atoms with van der Waals surface area (Å²) in [7, 11) is 0. The molecule has 2 heterocycles. The maximum Gasteiger partial charge on any atom is 0.417 e. The van der Waals surface area contributed by atoms with Crippen LogP contribution in [0.2, 0.25) is 0 Å². The highest BCUT2D eigenvalue weighted by atomic mass is 32.1. The Hall–Kier alpha value is -3.66. The fourth-order valence-electron chi connectivity index (χ4n) is 3.84. The fourth-order valence-corrected chi connectivity index (χ4v) is 4.67. The number of amides is 3. The van der Waals surface area contributed by atoms with Crippen LogP contribution in [0.4, 0.5) is 13.2 Å². The van der Waals surface area contributed by atoms with Gasteiger partial charge in [0.1, 0.15) is 0 Å². The van der Waals surface area contributed by atoms with E-state index in [4.69, 9.17) is 0 Å². The minimum absolute atomic E-state index is 0.107. The quantitative estimate of drug-likeness (QED) is 0.571. The largest absolute Gasteiger partial charge is 0.417 e. The summed E-state index contributed by atoms with van der Waals surface area (Å²) in [6.45, 7) is 0.353. The highest BCUT2D eigenvalue weighted by molar-refractivity contribution is 7.12. The van der Waals surface area contributed by atoms with E-state index in [2.05, 4.69) is 5.32 Å². The molecule has 4 rings (SSSR count). The highest BCUT2D eigenvalue weighted by Gasteiger charge is 2.36. The Bertz CT molecular complexity index is 1220. The molecule has 0 atom stereocenters. The fraction of sp³-hybridized carbons (Fsp3) is 0.240. The summed E-state index contributed by atoms with van der Waals surface area (Å²) in [4.78, 5) is 41.0. The first-order chi connectivity index (χ1) is 16.7. The molecular formula is C25H22F3N3O3S. The van der Waals surface area contributed by atoms with Gasteiger partial charge in [0.2, 0.25) is 5.91 Å². The highest BCUT2D eigenvalue weighted by Crippen LogP contribution is 2.32. The van der Waals surface area contributed by atoms with Crippen molar-refractivity contribution in [2.75, 3.05) is 32.7 Å². The van der Waals surface area contributed by atoms with Crippen LogP contribution in [0.25, 0.3) is 11.1 Å². The van der Waals surface area contributed by atoms with Crippen LogP contribution in [0.5, 0.6) is 0 Å². The van der Waals surface area contributed by atoms with Crippen molar-refractivity contribution in [2.45, 2.75) is 6.18 Å². The predicted octanol–water partition coefficient (Wildman–Crippen LogP) is 4.15. The van der Waals surface area contributed by atoms with Crippen LogP contribution < -0.4 is 5.32 Å². The van der Waals surface area contributed by atoms with E-state index in [0.717, 1.165) is 23.3 Å². The van der Waals surface area contributed by atoms with Gasteiger partial charge in [-0.05, 0) is 34.7 Å². The first-order valence-electron chi connectivity index (χ1n) is 10.9. The Kier molecular flexibility index (Phi) is 7.20. The molecule has 3 amide bonds. The second kappa shape index (κ2) is 10.3. The van der Waals surface area contributed by atoms with Crippen LogP contribution in [-0.2, 0) is 11.0 Å². The van der Waals surface area contributed by atoms with Gasteiger partial charge in [-0.25, -0.2) is 0 Å². The number of nitrogens with one attached hydrogen (secondary N) is 1. The molecule has 0 unspecified atom stereocenters. The number of hydrogen-bond donors (Lipinski definition) is 1. The molecule has 10 heteroatoms.